The molecular formula is C9H12ClN3O3S. The number of hydrogen-bond acceptors (Lipinski definition) is 4. The van der Waals surface area contributed by atoms with Gasteiger partial charge in [-0.15, -0.1) is 0 Å². The molecule has 0 aliphatic carbocycles. The van der Waals surface area contributed by atoms with Crippen LogP contribution in [0.2, 0.25) is 0 Å². The molecule has 0 spiro atoms. The summed E-state index contributed by atoms with van der Waals surface area (Å²) in [5.41, 5.74) is 0.771. The van der Waals surface area contributed by atoms with Crippen LogP contribution in [0.25, 0.3) is 0 Å². The highest BCUT2D eigenvalue weighted by molar-refractivity contribution is 8.14. The number of amides is 1. The summed E-state index contributed by atoms with van der Waals surface area (Å²) < 4.78 is 24.0. The second-order valence-electron chi connectivity index (χ2n) is 4.07. The maximum Gasteiger partial charge on any atom is 0.237 e. The third kappa shape index (κ3) is 2.30. The first-order valence-corrected chi connectivity index (χ1v) is 7.41. The van der Waals surface area contributed by atoms with Gasteiger partial charge in [0.05, 0.1) is 5.69 Å². The van der Waals surface area contributed by atoms with Gasteiger partial charge in [-0.05, 0) is 6.92 Å². The van der Waals surface area contributed by atoms with E-state index in [4.69, 9.17) is 10.7 Å². The largest absolute Gasteiger partial charge is 0.296 e. The zero-order valence-electron chi connectivity index (χ0n) is 9.42. The van der Waals surface area contributed by atoms with Crippen LogP contribution in [0.4, 0.5) is 5.82 Å². The molecule has 2 rings (SSSR count). The van der Waals surface area contributed by atoms with E-state index in [1.165, 1.54) is 4.90 Å². The Labute approximate surface area is 104 Å². The van der Waals surface area contributed by atoms with E-state index in [-0.39, 0.29) is 18.9 Å². The van der Waals surface area contributed by atoms with Crippen molar-refractivity contribution in [2.45, 2.75) is 18.6 Å². The van der Waals surface area contributed by atoms with Crippen molar-refractivity contribution in [3.63, 3.8) is 0 Å². The summed E-state index contributed by atoms with van der Waals surface area (Å²) >= 11 is 0. The van der Waals surface area contributed by atoms with Gasteiger partial charge in [-0.2, -0.15) is 5.10 Å². The highest BCUT2D eigenvalue weighted by Gasteiger charge is 2.39. The molecule has 0 radical (unpaired) electrons. The quantitative estimate of drug-likeness (QED) is 0.734. The van der Waals surface area contributed by atoms with E-state index < -0.39 is 14.3 Å². The lowest BCUT2D eigenvalue weighted by Gasteiger charge is -2.15. The molecule has 1 unspecified atom stereocenters. The normalized spacial score (nSPS) is 21.2. The van der Waals surface area contributed by atoms with Gasteiger partial charge in [-0.25, -0.2) is 8.42 Å². The number of aryl methyl sites for hydroxylation is 2. The molecule has 17 heavy (non-hydrogen) atoms. The Kier molecular flexibility index (Phi) is 2.90. The van der Waals surface area contributed by atoms with Crippen LogP contribution in [0.15, 0.2) is 6.07 Å². The van der Waals surface area contributed by atoms with E-state index in [0.717, 1.165) is 5.69 Å². The summed E-state index contributed by atoms with van der Waals surface area (Å²) in [6.07, 6.45) is -0.0734. The van der Waals surface area contributed by atoms with Gasteiger partial charge >= 0.3 is 0 Å². The molecule has 2 heterocycles. The standard InChI is InChI=1S/C9H12ClN3O3S/c1-6-3-8(12(2)11-6)13-5-7(4-9(13)14)17(10,15)16/h3,7H,4-5H2,1-2H3. The van der Waals surface area contributed by atoms with Crippen LogP contribution in [0, 0.1) is 6.92 Å². The Balaban J connectivity index is 2.31. The van der Waals surface area contributed by atoms with E-state index in [2.05, 4.69) is 5.10 Å². The first-order valence-electron chi connectivity index (χ1n) is 5.03. The molecule has 0 aromatic carbocycles. The Morgan fingerprint density at radius 1 is 1.53 bits per heavy atom. The van der Waals surface area contributed by atoms with Gasteiger partial charge in [0.15, 0.2) is 0 Å². The highest BCUT2D eigenvalue weighted by Crippen LogP contribution is 2.26. The zero-order valence-corrected chi connectivity index (χ0v) is 11.0. The average molecular weight is 278 g/mol. The fourth-order valence-corrected chi connectivity index (χ4v) is 2.96. The van der Waals surface area contributed by atoms with Crippen LogP contribution in [0.3, 0.4) is 0 Å². The second-order valence-corrected chi connectivity index (χ2v) is 6.98. The second kappa shape index (κ2) is 3.99. The van der Waals surface area contributed by atoms with Crippen molar-refractivity contribution >= 4 is 31.5 Å². The number of halogens is 1. The van der Waals surface area contributed by atoms with Crippen LogP contribution >= 0.6 is 10.7 Å². The summed E-state index contributed by atoms with van der Waals surface area (Å²) in [5, 5.41) is 3.28. The smallest absolute Gasteiger partial charge is 0.237 e. The molecule has 1 aliphatic rings. The average Bonchev–Trinajstić information content (AvgIpc) is 2.68. The molecule has 1 aromatic rings. The van der Waals surface area contributed by atoms with E-state index in [1.54, 1.807) is 24.7 Å². The lowest BCUT2D eigenvalue weighted by molar-refractivity contribution is -0.117. The molecule has 94 valence electrons. The number of carbonyl (C=O) groups is 1. The first kappa shape index (κ1) is 12.4. The molecule has 0 bridgehead atoms. The minimum atomic E-state index is -3.70. The lowest BCUT2D eigenvalue weighted by atomic mass is 10.4. The number of aromatic nitrogens is 2. The summed E-state index contributed by atoms with van der Waals surface area (Å²) in [6, 6.07) is 1.74. The molecular weight excluding hydrogens is 266 g/mol. The monoisotopic (exact) mass is 277 g/mol. The zero-order chi connectivity index (χ0) is 12.8. The van der Waals surface area contributed by atoms with Crippen molar-refractivity contribution < 1.29 is 13.2 Å². The van der Waals surface area contributed by atoms with E-state index in [9.17, 15) is 13.2 Å². The Morgan fingerprint density at radius 3 is 2.59 bits per heavy atom. The Bertz CT molecular complexity index is 566. The summed E-state index contributed by atoms with van der Waals surface area (Å²) in [5.74, 6) is 0.345. The van der Waals surface area contributed by atoms with Gasteiger partial charge in [-0.1, -0.05) is 0 Å². The molecule has 8 heteroatoms. The van der Waals surface area contributed by atoms with Crippen LogP contribution in [-0.4, -0.2) is 35.9 Å². The molecule has 0 N–H and O–H groups in total. The number of nitrogens with zero attached hydrogens (tertiary/aromatic N) is 3. The molecule has 1 aliphatic heterocycles. The Morgan fingerprint density at radius 2 is 2.18 bits per heavy atom. The molecule has 1 amide bonds. The van der Waals surface area contributed by atoms with Gasteiger partial charge in [0.25, 0.3) is 0 Å². The predicted octanol–water partition coefficient (Wildman–Crippen LogP) is 0.402. The molecule has 0 saturated carbocycles. The van der Waals surface area contributed by atoms with Crippen molar-refractivity contribution in [2.24, 2.45) is 7.05 Å². The number of rotatable bonds is 2. The number of carbonyl (C=O) groups excluding carboxylic acids is 1. The van der Waals surface area contributed by atoms with Crippen LogP contribution < -0.4 is 4.90 Å². The van der Waals surface area contributed by atoms with Crippen molar-refractivity contribution in [2.75, 3.05) is 11.4 Å². The summed E-state index contributed by atoms with van der Waals surface area (Å²) in [6.45, 7) is 1.89. The van der Waals surface area contributed by atoms with Crippen molar-refractivity contribution in [3.8, 4) is 0 Å². The molecule has 1 saturated heterocycles. The number of anilines is 1. The van der Waals surface area contributed by atoms with Gasteiger partial charge in [0, 0.05) is 36.8 Å². The van der Waals surface area contributed by atoms with Gasteiger partial charge in [0.1, 0.15) is 11.1 Å². The number of hydrogen-bond donors (Lipinski definition) is 0. The lowest BCUT2D eigenvalue weighted by Crippen LogP contribution is -2.28. The van der Waals surface area contributed by atoms with Gasteiger partial charge < -0.3 is 0 Å². The van der Waals surface area contributed by atoms with Crippen LogP contribution in [0.5, 0.6) is 0 Å². The minimum Gasteiger partial charge on any atom is -0.296 e. The van der Waals surface area contributed by atoms with Crippen molar-refractivity contribution in [3.05, 3.63) is 11.8 Å². The SMILES string of the molecule is Cc1cc(N2CC(S(=O)(=O)Cl)CC2=O)n(C)n1. The van der Waals surface area contributed by atoms with E-state index >= 15 is 0 Å². The van der Waals surface area contributed by atoms with Gasteiger partial charge in [-0.3, -0.25) is 14.4 Å². The highest BCUT2D eigenvalue weighted by atomic mass is 35.7. The molecule has 1 atom stereocenters. The van der Waals surface area contributed by atoms with Crippen LogP contribution in [-0.2, 0) is 20.9 Å². The van der Waals surface area contributed by atoms with Crippen molar-refractivity contribution in [1.82, 2.24) is 9.78 Å². The topological polar surface area (TPSA) is 72.3 Å². The summed E-state index contributed by atoms with van der Waals surface area (Å²) in [4.78, 5) is 13.2. The fourth-order valence-electron chi connectivity index (χ4n) is 1.93. The third-order valence-electron chi connectivity index (χ3n) is 2.74. The fraction of sp³-hybridized carbons (Fsp3) is 0.556. The Hall–Kier alpha value is -1.08. The first-order chi connectivity index (χ1) is 7.79. The van der Waals surface area contributed by atoms with E-state index in [0.29, 0.717) is 5.82 Å². The van der Waals surface area contributed by atoms with Crippen molar-refractivity contribution in [1.29, 1.82) is 0 Å². The molecule has 6 nitrogen and oxygen atoms in total. The van der Waals surface area contributed by atoms with E-state index in [1.807, 2.05) is 0 Å². The maximum atomic E-state index is 11.8. The maximum absolute atomic E-state index is 11.8. The third-order valence-corrected chi connectivity index (χ3v) is 4.61. The van der Waals surface area contributed by atoms with Gasteiger partial charge in [0.2, 0.25) is 15.0 Å². The minimum absolute atomic E-state index is 0.0734. The summed E-state index contributed by atoms with van der Waals surface area (Å²) in [7, 11) is 3.28. The predicted molar refractivity (Wildman–Crippen MR) is 63.5 cm³/mol. The molecule has 1 fully saturated rings. The molecule has 1 aromatic heterocycles. The van der Waals surface area contributed by atoms with Crippen LogP contribution in [0.1, 0.15) is 12.1 Å².